The van der Waals surface area contributed by atoms with Crippen LogP contribution in [0.3, 0.4) is 0 Å². The predicted molar refractivity (Wildman–Crippen MR) is 72.1 cm³/mol. The molecule has 96 valence electrons. The highest BCUT2D eigenvalue weighted by molar-refractivity contribution is 7.07. The second kappa shape index (κ2) is 6.09. The predicted octanol–water partition coefficient (Wildman–Crippen LogP) is 3.02. The third kappa shape index (κ3) is 3.38. The number of aliphatic hydroxyl groups excluding tert-OH is 1. The lowest BCUT2D eigenvalue weighted by Crippen LogP contribution is -2.20. The molecule has 1 atom stereocenters. The molecule has 18 heavy (non-hydrogen) atoms. The maximum atomic E-state index is 13.1. The molecule has 0 saturated heterocycles. The van der Waals surface area contributed by atoms with Crippen LogP contribution in [0.15, 0.2) is 35.0 Å². The molecule has 1 aromatic heterocycles. The first kappa shape index (κ1) is 13.2. The summed E-state index contributed by atoms with van der Waals surface area (Å²) in [5, 5.41) is 16.9. The Kier molecular flexibility index (Phi) is 4.47. The number of benzene rings is 1. The molecule has 2 rings (SSSR count). The van der Waals surface area contributed by atoms with E-state index in [0.29, 0.717) is 18.7 Å². The summed E-state index contributed by atoms with van der Waals surface area (Å²) >= 11 is 1.57. The van der Waals surface area contributed by atoms with Crippen molar-refractivity contribution in [2.24, 2.45) is 0 Å². The highest BCUT2D eigenvalue weighted by Crippen LogP contribution is 2.15. The fourth-order valence-corrected chi connectivity index (χ4v) is 2.46. The lowest BCUT2D eigenvalue weighted by Gasteiger charge is -2.11. The third-order valence-corrected chi connectivity index (χ3v) is 3.52. The molecule has 4 heteroatoms. The first-order valence-corrected chi connectivity index (χ1v) is 6.77. The average molecular weight is 265 g/mol. The summed E-state index contributed by atoms with van der Waals surface area (Å²) in [6.07, 6.45) is -0.488. The first-order chi connectivity index (χ1) is 8.66. The Morgan fingerprint density at radius 1 is 1.39 bits per heavy atom. The number of aliphatic hydroxyl groups is 1. The molecular formula is C14H16FNOS. The number of hydrogen-bond donors (Lipinski definition) is 2. The van der Waals surface area contributed by atoms with Gasteiger partial charge in [-0.25, -0.2) is 4.39 Å². The highest BCUT2D eigenvalue weighted by Gasteiger charge is 2.07. The van der Waals surface area contributed by atoms with E-state index in [2.05, 4.69) is 5.32 Å². The minimum absolute atomic E-state index is 0.183. The van der Waals surface area contributed by atoms with E-state index in [1.54, 1.807) is 24.3 Å². The maximum Gasteiger partial charge on any atom is 0.126 e. The van der Waals surface area contributed by atoms with Gasteiger partial charge in [0.1, 0.15) is 5.82 Å². The molecule has 0 spiro atoms. The van der Waals surface area contributed by atoms with Crippen molar-refractivity contribution in [3.8, 4) is 0 Å². The van der Waals surface area contributed by atoms with Gasteiger partial charge < -0.3 is 10.4 Å². The Balaban J connectivity index is 1.83. The minimum atomic E-state index is -0.488. The number of rotatable bonds is 5. The van der Waals surface area contributed by atoms with Crippen LogP contribution in [0.1, 0.15) is 22.8 Å². The van der Waals surface area contributed by atoms with E-state index < -0.39 is 6.10 Å². The molecule has 0 aliphatic heterocycles. The zero-order chi connectivity index (χ0) is 13.0. The van der Waals surface area contributed by atoms with Crippen molar-refractivity contribution in [2.45, 2.75) is 19.6 Å². The molecular weight excluding hydrogens is 249 g/mol. The molecule has 1 unspecified atom stereocenters. The van der Waals surface area contributed by atoms with E-state index in [1.807, 2.05) is 22.9 Å². The number of halogens is 1. The topological polar surface area (TPSA) is 32.3 Å². The summed E-state index contributed by atoms with van der Waals surface area (Å²) in [7, 11) is 0. The van der Waals surface area contributed by atoms with Gasteiger partial charge in [0.05, 0.1) is 6.10 Å². The fraction of sp³-hybridized carbons (Fsp3) is 0.286. The highest BCUT2D eigenvalue weighted by atomic mass is 32.1. The van der Waals surface area contributed by atoms with Crippen molar-refractivity contribution in [1.82, 2.24) is 5.32 Å². The van der Waals surface area contributed by atoms with Crippen molar-refractivity contribution in [2.75, 3.05) is 6.54 Å². The van der Waals surface area contributed by atoms with Gasteiger partial charge in [0.15, 0.2) is 0 Å². The van der Waals surface area contributed by atoms with Gasteiger partial charge in [-0.05, 0) is 46.5 Å². The summed E-state index contributed by atoms with van der Waals surface area (Å²) in [6.45, 7) is 2.87. The van der Waals surface area contributed by atoms with Gasteiger partial charge in [-0.1, -0.05) is 12.1 Å². The molecule has 1 aromatic carbocycles. The molecule has 2 aromatic rings. The molecule has 0 amide bonds. The van der Waals surface area contributed by atoms with Crippen LogP contribution in [0.5, 0.6) is 0 Å². The molecule has 0 saturated carbocycles. The standard InChI is InChI=1S/C14H16FNOS/c1-10-6-11(2-3-13(10)15)7-16-8-14(17)12-4-5-18-9-12/h2-6,9,14,16-17H,7-8H2,1H3. The Morgan fingerprint density at radius 2 is 2.22 bits per heavy atom. The summed E-state index contributed by atoms with van der Waals surface area (Å²) in [5.74, 6) is -0.183. The molecule has 0 bridgehead atoms. The van der Waals surface area contributed by atoms with E-state index >= 15 is 0 Å². The van der Waals surface area contributed by atoms with E-state index in [4.69, 9.17) is 0 Å². The van der Waals surface area contributed by atoms with Gasteiger partial charge in [-0.15, -0.1) is 0 Å². The first-order valence-electron chi connectivity index (χ1n) is 5.82. The van der Waals surface area contributed by atoms with Crippen molar-refractivity contribution in [3.63, 3.8) is 0 Å². The molecule has 0 fully saturated rings. The number of aryl methyl sites for hydroxylation is 1. The summed E-state index contributed by atoms with van der Waals surface area (Å²) < 4.78 is 13.1. The average Bonchev–Trinajstić information content (AvgIpc) is 2.87. The van der Waals surface area contributed by atoms with E-state index in [0.717, 1.165) is 11.1 Å². The van der Waals surface area contributed by atoms with Crippen LogP contribution in [-0.2, 0) is 6.54 Å². The lowest BCUT2D eigenvalue weighted by atomic mass is 10.1. The van der Waals surface area contributed by atoms with Gasteiger partial charge >= 0.3 is 0 Å². The minimum Gasteiger partial charge on any atom is -0.387 e. The second-order valence-corrected chi connectivity index (χ2v) is 5.07. The summed E-state index contributed by atoms with van der Waals surface area (Å²) in [4.78, 5) is 0. The van der Waals surface area contributed by atoms with Crippen LogP contribution >= 0.6 is 11.3 Å². The summed E-state index contributed by atoms with van der Waals surface area (Å²) in [5.41, 5.74) is 2.60. The fourth-order valence-electron chi connectivity index (χ4n) is 1.75. The van der Waals surface area contributed by atoms with Gasteiger partial charge in [0, 0.05) is 13.1 Å². The molecule has 0 aliphatic carbocycles. The van der Waals surface area contributed by atoms with Crippen LogP contribution in [0.25, 0.3) is 0 Å². The molecule has 0 aliphatic rings. The van der Waals surface area contributed by atoms with Crippen LogP contribution < -0.4 is 5.32 Å². The largest absolute Gasteiger partial charge is 0.387 e. The number of nitrogens with one attached hydrogen (secondary N) is 1. The lowest BCUT2D eigenvalue weighted by molar-refractivity contribution is 0.175. The van der Waals surface area contributed by atoms with Crippen molar-refractivity contribution < 1.29 is 9.50 Å². The smallest absolute Gasteiger partial charge is 0.126 e. The SMILES string of the molecule is Cc1cc(CNCC(O)c2ccsc2)ccc1F. The Labute approximate surface area is 110 Å². The molecule has 1 heterocycles. The van der Waals surface area contributed by atoms with Gasteiger partial charge in [0.2, 0.25) is 0 Å². The second-order valence-electron chi connectivity index (χ2n) is 4.29. The quantitative estimate of drug-likeness (QED) is 0.871. The zero-order valence-electron chi connectivity index (χ0n) is 10.2. The Hall–Kier alpha value is -1.23. The third-order valence-electron chi connectivity index (χ3n) is 2.82. The zero-order valence-corrected chi connectivity index (χ0v) is 11.0. The normalized spacial score (nSPS) is 12.6. The van der Waals surface area contributed by atoms with Gasteiger partial charge in [0.25, 0.3) is 0 Å². The van der Waals surface area contributed by atoms with E-state index in [9.17, 15) is 9.50 Å². The maximum absolute atomic E-state index is 13.1. The van der Waals surface area contributed by atoms with Crippen molar-refractivity contribution in [1.29, 1.82) is 0 Å². The Bertz CT molecular complexity index is 499. The monoisotopic (exact) mass is 265 g/mol. The van der Waals surface area contributed by atoms with Crippen LogP contribution in [-0.4, -0.2) is 11.7 Å². The number of thiophene rings is 1. The van der Waals surface area contributed by atoms with Gasteiger partial charge in [-0.2, -0.15) is 11.3 Å². The van der Waals surface area contributed by atoms with Crippen molar-refractivity contribution in [3.05, 3.63) is 57.5 Å². The molecule has 2 nitrogen and oxygen atoms in total. The number of hydrogen-bond acceptors (Lipinski definition) is 3. The van der Waals surface area contributed by atoms with Crippen LogP contribution in [0.2, 0.25) is 0 Å². The van der Waals surface area contributed by atoms with Crippen molar-refractivity contribution >= 4 is 11.3 Å². The van der Waals surface area contributed by atoms with E-state index in [1.165, 1.54) is 6.07 Å². The molecule has 0 radical (unpaired) electrons. The summed E-state index contributed by atoms with van der Waals surface area (Å²) in [6, 6.07) is 6.96. The Morgan fingerprint density at radius 3 is 2.89 bits per heavy atom. The van der Waals surface area contributed by atoms with Crippen LogP contribution in [0.4, 0.5) is 4.39 Å². The molecule has 2 N–H and O–H groups in total. The van der Waals surface area contributed by atoms with Crippen LogP contribution in [0, 0.1) is 12.7 Å². The van der Waals surface area contributed by atoms with E-state index in [-0.39, 0.29) is 5.82 Å². The van der Waals surface area contributed by atoms with Gasteiger partial charge in [-0.3, -0.25) is 0 Å².